The van der Waals surface area contributed by atoms with E-state index in [9.17, 15) is 17.6 Å². The minimum atomic E-state index is -4.59. The summed E-state index contributed by atoms with van der Waals surface area (Å²) in [5.41, 5.74) is -2.13. The zero-order valence-electron chi connectivity index (χ0n) is 17.0. The molecule has 0 spiro atoms. The third kappa shape index (κ3) is 4.06. The van der Waals surface area contributed by atoms with E-state index in [0.29, 0.717) is 0 Å². The van der Waals surface area contributed by atoms with Crippen molar-refractivity contribution < 1.29 is 26.7 Å². The summed E-state index contributed by atoms with van der Waals surface area (Å²) in [5, 5.41) is 2.57. The van der Waals surface area contributed by atoms with Crippen LogP contribution in [0.4, 0.5) is 22.0 Å². The first-order valence-electron chi connectivity index (χ1n) is 9.32. The molecule has 0 bridgehead atoms. The largest absolute Gasteiger partial charge is 0.457 e. The molecule has 1 aliphatic rings. The molecular formula is C23H22F5NO. The Morgan fingerprint density at radius 1 is 0.900 bits per heavy atom. The molecule has 0 saturated carbocycles. The maximum absolute atomic E-state index is 15.4. The van der Waals surface area contributed by atoms with E-state index >= 15 is 4.39 Å². The molecular weight excluding hydrogens is 401 g/mol. The first kappa shape index (κ1) is 21.9. The molecule has 2 nitrogen and oxygen atoms in total. The van der Waals surface area contributed by atoms with E-state index in [2.05, 4.69) is 5.32 Å². The molecule has 30 heavy (non-hydrogen) atoms. The van der Waals surface area contributed by atoms with Gasteiger partial charge >= 0.3 is 6.18 Å². The van der Waals surface area contributed by atoms with E-state index in [1.807, 2.05) is 20.8 Å². The van der Waals surface area contributed by atoms with E-state index in [4.69, 9.17) is 4.74 Å². The number of hydrogen-bond acceptors (Lipinski definition) is 2. The van der Waals surface area contributed by atoms with Gasteiger partial charge in [0.05, 0.1) is 5.56 Å². The number of halogens is 5. The molecule has 3 rings (SSSR count). The molecule has 7 heteroatoms. The van der Waals surface area contributed by atoms with Crippen LogP contribution in [0.1, 0.15) is 44.4 Å². The Bertz CT molecular complexity index is 999. The monoisotopic (exact) mass is 423 g/mol. The van der Waals surface area contributed by atoms with Crippen molar-refractivity contribution in [2.75, 3.05) is 0 Å². The lowest BCUT2D eigenvalue weighted by Gasteiger charge is -2.37. The Morgan fingerprint density at radius 2 is 1.53 bits per heavy atom. The quantitative estimate of drug-likeness (QED) is 0.543. The summed E-state index contributed by atoms with van der Waals surface area (Å²) < 4.78 is 74.4. The van der Waals surface area contributed by atoms with Gasteiger partial charge in [0, 0.05) is 17.3 Å². The predicted molar refractivity (Wildman–Crippen MR) is 105 cm³/mol. The highest BCUT2D eigenvalue weighted by Gasteiger charge is 2.44. The maximum Gasteiger partial charge on any atom is 0.416 e. The fourth-order valence-electron chi connectivity index (χ4n) is 3.17. The second kappa shape index (κ2) is 7.45. The molecule has 1 aliphatic heterocycles. The lowest BCUT2D eigenvalue weighted by atomic mass is 9.85. The predicted octanol–water partition coefficient (Wildman–Crippen LogP) is 6.89. The minimum Gasteiger partial charge on any atom is -0.457 e. The first-order chi connectivity index (χ1) is 13.8. The van der Waals surface area contributed by atoms with Crippen LogP contribution in [0.15, 0.2) is 72.0 Å². The van der Waals surface area contributed by atoms with Crippen molar-refractivity contribution in [1.29, 1.82) is 0 Å². The topological polar surface area (TPSA) is 21.3 Å². The van der Waals surface area contributed by atoms with Crippen molar-refractivity contribution in [1.82, 2.24) is 5.32 Å². The zero-order chi connectivity index (χ0) is 22.3. The van der Waals surface area contributed by atoms with Gasteiger partial charge in [-0.15, -0.1) is 0 Å². The van der Waals surface area contributed by atoms with Crippen molar-refractivity contribution in [2.24, 2.45) is 0 Å². The van der Waals surface area contributed by atoms with Crippen LogP contribution in [0.5, 0.6) is 5.75 Å². The smallest absolute Gasteiger partial charge is 0.416 e. The van der Waals surface area contributed by atoms with Crippen molar-refractivity contribution >= 4 is 0 Å². The summed E-state index contributed by atoms with van der Waals surface area (Å²) in [4.78, 5) is 0. The van der Waals surface area contributed by atoms with Crippen LogP contribution in [0.3, 0.4) is 0 Å². The standard InChI is InChI=1S/C23H22F5NO/c1-14-19(24)13-29-22(20(14)25,16-10-8-15(9-11-16)21(2,3)4)30-18-7-5-6-17(12-18)23(26,27)28/h5-13,29H,1-4H3. The van der Waals surface area contributed by atoms with Crippen LogP contribution >= 0.6 is 0 Å². The molecule has 0 radical (unpaired) electrons. The average Bonchev–Trinajstić information content (AvgIpc) is 2.68. The van der Waals surface area contributed by atoms with Crippen LogP contribution < -0.4 is 10.1 Å². The molecule has 2 aromatic carbocycles. The van der Waals surface area contributed by atoms with Crippen molar-refractivity contribution in [3.8, 4) is 5.75 Å². The Kier molecular flexibility index (Phi) is 5.43. The van der Waals surface area contributed by atoms with Crippen molar-refractivity contribution in [3.05, 3.63) is 88.6 Å². The highest BCUT2D eigenvalue weighted by atomic mass is 19.4. The number of nitrogens with one attached hydrogen (secondary N) is 1. The van der Waals surface area contributed by atoms with Crippen LogP contribution in [0, 0.1) is 0 Å². The Balaban J connectivity index is 2.11. The molecule has 1 N–H and O–H groups in total. The molecule has 160 valence electrons. The lowest BCUT2D eigenvalue weighted by molar-refractivity contribution is -0.137. The van der Waals surface area contributed by atoms with Gasteiger partial charge in [0.2, 0.25) is 0 Å². The van der Waals surface area contributed by atoms with Gasteiger partial charge in [-0.25, -0.2) is 8.78 Å². The summed E-state index contributed by atoms with van der Waals surface area (Å²) in [7, 11) is 0. The molecule has 0 saturated heterocycles. The molecule has 1 atom stereocenters. The van der Waals surface area contributed by atoms with Crippen LogP contribution in [-0.2, 0) is 17.3 Å². The number of benzene rings is 2. The zero-order valence-corrected chi connectivity index (χ0v) is 17.0. The second-order valence-corrected chi connectivity index (χ2v) is 8.21. The third-order valence-corrected chi connectivity index (χ3v) is 4.99. The Hall–Kier alpha value is -2.83. The fraction of sp³-hybridized carbons (Fsp3) is 0.304. The van der Waals surface area contributed by atoms with Gasteiger partial charge in [-0.1, -0.05) is 51.1 Å². The van der Waals surface area contributed by atoms with E-state index in [1.165, 1.54) is 19.1 Å². The van der Waals surface area contributed by atoms with E-state index in [0.717, 1.165) is 23.9 Å². The molecule has 0 fully saturated rings. The third-order valence-electron chi connectivity index (χ3n) is 4.99. The van der Waals surface area contributed by atoms with Gasteiger partial charge in [-0.05, 0) is 36.1 Å². The summed E-state index contributed by atoms with van der Waals surface area (Å²) >= 11 is 0. The summed E-state index contributed by atoms with van der Waals surface area (Å²) in [6.45, 7) is 7.28. The molecule has 1 unspecified atom stereocenters. The van der Waals surface area contributed by atoms with Crippen LogP contribution in [-0.4, -0.2) is 0 Å². The average molecular weight is 423 g/mol. The normalized spacial score (nSPS) is 20.0. The van der Waals surface area contributed by atoms with Gasteiger partial charge in [0.15, 0.2) is 5.83 Å². The lowest BCUT2D eigenvalue weighted by Crippen LogP contribution is -2.48. The van der Waals surface area contributed by atoms with Crippen molar-refractivity contribution in [2.45, 2.75) is 45.0 Å². The molecule has 2 aromatic rings. The highest BCUT2D eigenvalue weighted by Crippen LogP contribution is 2.41. The van der Waals surface area contributed by atoms with Gasteiger partial charge in [0.1, 0.15) is 11.6 Å². The number of ether oxygens (including phenoxy) is 1. The van der Waals surface area contributed by atoms with E-state index in [-0.39, 0.29) is 22.3 Å². The SMILES string of the molecule is CC1=C(F)C(Oc2cccc(C(F)(F)F)c2)(c2ccc(C(C)(C)C)cc2)NC=C1F. The van der Waals surface area contributed by atoms with Gasteiger partial charge in [-0.2, -0.15) is 13.2 Å². The first-order valence-corrected chi connectivity index (χ1v) is 9.32. The number of hydrogen-bond donors (Lipinski definition) is 1. The van der Waals surface area contributed by atoms with E-state index < -0.39 is 29.1 Å². The van der Waals surface area contributed by atoms with Gasteiger partial charge < -0.3 is 10.1 Å². The maximum atomic E-state index is 15.4. The van der Waals surface area contributed by atoms with Crippen molar-refractivity contribution in [3.63, 3.8) is 0 Å². The van der Waals surface area contributed by atoms with Crippen LogP contribution in [0.2, 0.25) is 0 Å². The number of rotatable bonds is 3. The summed E-state index contributed by atoms with van der Waals surface area (Å²) in [6, 6.07) is 10.9. The minimum absolute atomic E-state index is 0.163. The van der Waals surface area contributed by atoms with Gasteiger partial charge in [0.25, 0.3) is 5.72 Å². The van der Waals surface area contributed by atoms with Crippen LogP contribution in [0.25, 0.3) is 0 Å². The number of dihydropyridines is 1. The summed E-state index contributed by atoms with van der Waals surface area (Å²) in [6.07, 6.45) is -3.64. The highest BCUT2D eigenvalue weighted by molar-refractivity contribution is 5.44. The molecule has 1 heterocycles. The molecule has 0 aliphatic carbocycles. The van der Waals surface area contributed by atoms with E-state index in [1.54, 1.807) is 24.3 Å². The fourth-order valence-corrected chi connectivity index (χ4v) is 3.17. The molecule has 0 aromatic heterocycles. The number of allylic oxidation sites excluding steroid dienone is 2. The second-order valence-electron chi connectivity index (χ2n) is 8.21. The summed E-state index contributed by atoms with van der Waals surface area (Å²) in [5.74, 6) is -2.00. The van der Waals surface area contributed by atoms with Gasteiger partial charge in [-0.3, -0.25) is 0 Å². The molecule has 0 amide bonds. The Morgan fingerprint density at radius 3 is 2.10 bits per heavy atom. The Labute approximate surface area is 172 Å². The number of alkyl halides is 3.